The van der Waals surface area contributed by atoms with Crippen LogP contribution in [0, 0.1) is 5.92 Å². The highest BCUT2D eigenvalue weighted by Gasteiger charge is 2.26. The van der Waals surface area contributed by atoms with E-state index < -0.39 is 0 Å². The van der Waals surface area contributed by atoms with Crippen molar-refractivity contribution in [2.45, 2.75) is 32.2 Å². The Labute approximate surface area is 139 Å². The summed E-state index contributed by atoms with van der Waals surface area (Å²) in [4.78, 5) is 16.9. The van der Waals surface area contributed by atoms with Crippen molar-refractivity contribution < 1.29 is 9.53 Å². The van der Waals surface area contributed by atoms with Gasteiger partial charge in [0.25, 0.3) is 0 Å². The van der Waals surface area contributed by atoms with Crippen LogP contribution in [0.2, 0.25) is 0 Å². The van der Waals surface area contributed by atoms with Crippen LogP contribution in [-0.2, 0) is 9.53 Å². The molecule has 126 valence electrons. The molecule has 1 aromatic rings. The van der Waals surface area contributed by atoms with Gasteiger partial charge in [0.05, 0.1) is 13.2 Å². The summed E-state index contributed by atoms with van der Waals surface area (Å²) in [5.74, 6) is 0.868. The molecule has 2 aliphatic heterocycles. The number of carbonyl (C=O) groups excluding carboxylic acids is 1. The second-order valence-electron chi connectivity index (χ2n) is 6.76. The summed E-state index contributed by atoms with van der Waals surface area (Å²) in [6.45, 7) is 7.39. The maximum absolute atomic E-state index is 12.4. The summed E-state index contributed by atoms with van der Waals surface area (Å²) in [6, 6.07) is 11.2. The molecule has 4 nitrogen and oxygen atoms in total. The van der Waals surface area contributed by atoms with Gasteiger partial charge in [0.1, 0.15) is 0 Å². The van der Waals surface area contributed by atoms with E-state index in [0.29, 0.717) is 37.5 Å². The molecule has 2 saturated heterocycles. The Morgan fingerprint density at radius 1 is 1.13 bits per heavy atom. The largest absolute Gasteiger partial charge is 0.378 e. The molecule has 2 heterocycles. The van der Waals surface area contributed by atoms with Gasteiger partial charge in [-0.05, 0) is 44.3 Å². The molecule has 0 aromatic heterocycles. The summed E-state index contributed by atoms with van der Waals surface area (Å²) < 4.78 is 5.32. The topological polar surface area (TPSA) is 32.8 Å². The van der Waals surface area contributed by atoms with Gasteiger partial charge in [-0.3, -0.25) is 9.69 Å². The van der Waals surface area contributed by atoms with Crippen molar-refractivity contribution in [3.8, 4) is 0 Å². The molecule has 2 fully saturated rings. The molecule has 1 unspecified atom stereocenters. The van der Waals surface area contributed by atoms with Gasteiger partial charge in [0, 0.05) is 25.6 Å². The first kappa shape index (κ1) is 16.5. The Balaban J connectivity index is 1.45. The number of ether oxygens (including phenoxy) is 1. The molecule has 1 aromatic carbocycles. The van der Waals surface area contributed by atoms with Crippen molar-refractivity contribution >= 4 is 5.91 Å². The molecule has 0 N–H and O–H groups in total. The van der Waals surface area contributed by atoms with Crippen LogP contribution in [0.3, 0.4) is 0 Å². The van der Waals surface area contributed by atoms with Crippen LogP contribution in [0.1, 0.15) is 37.8 Å². The lowest BCUT2D eigenvalue weighted by molar-refractivity contribution is -0.136. The minimum atomic E-state index is 0.322. The third-order valence-electron chi connectivity index (χ3n) is 5.31. The molecule has 0 aliphatic carbocycles. The highest BCUT2D eigenvalue weighted by molar-refractivity contribution is 5.76. The molecule has 0 saturated carbocycles. The number of hydrogen-bond donors (Lipinski definition) is 0. The Kier molecular flexibility index (Phi) is 5.68. The Morgan fingerprint density at radius 2 is 1.78 bits per heavy atom. The second kappa shape index (κ2) is 7.93. The summed E-state index contributed by atoms with van der Waals surface area (Å²) >= 11 is 0. The third kappa shape index (κ3) is 4.33. The maximum Gasteiger partial charge on any atom is 0.223 e. The van der Waals surface area contributed by atoms with Gasteiger partial charge in [-0.1, -0.05) is 30.3 Å². The zero-order chi connectivity index (χ0) is 16.1. The fourth-order valence-electron chi connectivity index (χ4n) is 3.68. The SMILES string of the molecule is CC(c1ccccc1)N1CCC(CC(=O)N2CCOCC2)CC1. The number of rotatable bonds is 4. The van der Waals surface area contributed by atoms with Crippen molar-refractivity contribution in [2.75, 3.05) is 39.4 Å². The molecule has 1 atom stereocenters. The number of carbonyl (C=O) groups is 1. The second-order valence-corrected chi connectivity index (χ2v) is 6.76. The number of morpholine rings is 1. The predicted molar refractivity (Wildman–Crippen MR) is 91.2 cm³/mol. The lowest BCUT2D eigenvalue weighted by Crippen LogP contribution is -2.42. The van der Waals surface area contributed by atoms with E-state index in [1.165, 1.54) is 5.56 Å². The molecule has 3 rings (SSSR count). The van der Waals surface area contributed by atoms with Crippen LogP contribution in [0.25, 0.3) is 0 Å². The molecule has 1 amide bonds. The van der Waals surface area contributed by atoms with Gasteiger partial charge >= 0.3 is 0 Å². The predicted octanol–water partition coefficient (Wildman–Crippen LogP) is 2.71. The highest BCUT2D eigenvalue weighted by Crippen LogP contribution is 2.28. The summed E-state index contributed by atoms with van der Waals surface area (Å²) in [5, 5.41) is 0. The number of piperidine rings is 1. The van der Waals surface area contributed by atoms with E-state index in [-0.39, 0.29) is 0 Å². The first-order valence-corrected chi connectivity index (χ1v) is 8.88. The Hall–Kier alpha value is -1.39. The monoisotopic (exact) mass is 316 g/mol. The number of nitrogens with zero attached hydrogens (tertiary/aromatic N) is 2. The Morgan fingerprint density at radius 3 is 2.43 bits per heavy atom. The number of likely N-dealkylation sites (tertiary alicyclic amines) is 1. The average Bonchev–Trinajstić information content (AvgIpc) is 2.63. The molecule has 4 heteroatoms. The van der Waals surface area contributed by atoms with Crippen molar-refractivity contribution in [1.82, 2.24) is 9.80 Å². The van der Waals surface area contributed by atoms with Gasteiger partial charge in [-0.25, -0.2) is 0 Å². The lowest BCUT2D eigenvalue weighted by Gasteiger charge is -2.37. The molecule has 0 spiro atoms. The van der Waals surface area contributed by atoms with E-state index in [1.54, 1.807) is 0 Å². The van der Waals surface area contributed by atoms with Crippen LogP contribution < -0.4 is 0 Å². The van der Waals surface area contributed by atoms with Gasteiger partial charge < -0.3 is 9.64 Å². The molecule has 2 aliphatic rings. The summed E-state index contributed by atoms with van der Waals surface area (Å²) in [5.41, 5.74) is 1.38. The highest BCUT2D eigenvalue weighted by atomic mass is 16.5. The first-order valence-electron chi connectivity index (χ1n) is 8.88. The molecular weight excluding hydrogens is 288 g/mol. The normalized spacial score (nSPS) is 22.0. The van der Waals surface area contributed by atoms with Crippen molar-refractivity contribution in [3.05, 3.63) is 35.9 Å². The van der Waals surface area contributed by atoms with Gasteiger partial charge in [0.2, 0.25) is 5.91 Å². The number of amides is 1. The van der Waals surface area contributed by atoms with Gasteiger partial charge in [-0.2, -0.15) is 0 Å². The summed E-state index contributed by atoms with van der Waals surface area (Å²) in [7, 11) is 0. The van der Waals surface area contributed by atoms with Crippen LogP contribution in [0.15, 0.2) is 30.3 Å². The number of hydrogen-bond acceptors (Lipinski definition) is 3. The Bertz CT molecular complexity index is 491. The van der Waals surface area contributed by atoms with Crippen LogP contribution in [0.4, 0.5) is 0 Å². The summed E-state index contributed by atoms with van der Waals surface area (Å²) in [6.07, 6.45) is 2.98. The lowest BCUT2D eigenvalue weighted by atomic mass is 9.91. The van der Waals surface area contributed by atoms with Crippen LogP contribution >= 0.6 is 0 Å². The quantitative estimate of drug-likeness (QED) is 0.856. The smallest absolute Gasteiger partial charge is 0.223 e. The van der Waals surface area contributed by atoms with Crippen LogP contribution in [-0.4, -0.2) is 55.1 Å². The standard InChI is InChI=1S/C19H28N2O2/c1-16(18-5-3-2-4-6-18)20-9-7-17(8-10-20)15-19(22)21-11-13-23-14-12-21/h2-6,16-17H,7-15H2,1H3. The fraction of sp³-hybridized carbons (Fsp3) is 0.632. The van der Waals surface area contributed by atoms with E-state index in [9.17, 15) is 4.79 Å². The van der Waals surface area contributed by atoms with Gasteiger partial charge in [0.15, 0.2) is 0 Å². The molecule has 0 radical (unpaired) electrons. The van der Waals surface area contributed by atoms with E-state index in [0.717, 1.165) is 39.0 Å². The number of benzene rings is 1. The zero-order valence-corrected chi connectivity index (χ0v) is 14.1. The first-order chi connectivity index (χ1) is 11.2. The third-order valence-corrected chi connectivity index (χ3v) is 5.31. The van der Waals surface area contributed by atoms with Crippen molar-refractivity contribution in [2.24, 2.45) is 5.92 Å². The maximum atomic E-state index is 12.4. The van der Waals surface area contributed by atoms with E-state index in [2.05, 4.69) is 42.2 Å². The molecule has 23 heavy (non-hydrogen) atoms. The minimum absolute atomic E-state index is 0.322. The van der Waals surface area contributed by atoms with Crippen LogP contribution in [0.5, 0.6) is 0 Å². The average molecular weight is 316 g/mol. The van der Waals surface area contributed by atoms with Crippen molar-refractivity contribution in [3.63, 3.8) is 0 Å². The fourth-order valence-corrected chi connectivity index (χ4v) is 3.68. The van der Waals surface area contributed by atoms with E-state index in [1.807, 2.05) is 4.90 Å². The van der Waals surface area contributed by atoms with E-state index in [4.69, 9.17) is 4.74 Å². The van der Waals surface area contributed by atoms with E-state index >= 15 is 0 Å². The van der Waals surface area contributed by atoms with Gasteiger partial charge in [-0.15, -0.1) is 0 Å². The minimum Gasteiger partial charge on any atom is -0.378 e. The molecule has 0 bridgehead atoms. The zero-order valence-electron chi connectivity index (χ0n) is 14.1. The molecular formula is C19H28N2O2. The van der Waals surface area contributed by atoms with Crippen molar-refractivity contribution in [1.29, 1.82) is 0 Å².